The van der Waals surface area contributed by atoms with E-state index in [-0.39, 0.29) is 6.61 Å². The van der Waals surface area contributed by atoms with Gasteiger partial charge in [0, 0.05) is 13.0 Å². The molecule has 0 aliphatic rings. The maximum Gasteiger partial charge on any atom is 0.335 e. The average molecular weight is 206 g/mol. The lowest BCUT2D eigenvalue weighted by atomic mass is 10.2. The summed E-state index contributed by atoms with van der Waals surface area (Å²) in [5.74, 6) is 1.53. The summed E-state index contributed by atoms with van der Waals surface area (Å²) in [6.07, 6.45) is 6.28. The number of carboxylic acids is 1. The molecule has 3 heteroatoms. The van der Waals surface area contributed by atoms with Crippen molar-refractivity contribution in [2.75, 3.05) is 6.61 Å². The lowest BCUT2D eigenvalue weighted by Crippen LogP contribution is -1.93. The normalized spacial score (nSPS) is 8.27. The second-order valence-corrected chi connectivity index (χ2v) is 2.70. The van der Waals surface area contributed by atoms with Crippen molar-refractivity contribution in [1.82, 2.24) is 0 Å². The van der Waals surface area contributed by atoms with Gasteiger partial charge in [-0.25, -0.2) is 4.79 Å². The molecule has 0 atom stereocenters. The highest BCUT2D eigenvalue weighted by molar-refractivity contribution is 5.87. The molecule has 3 nitrogen and oxygen atoms in total. The molecule has 0 unspecified atom stereocenters. The lowest BCUT2D eigenvalue weighted by Gasteiger charge is -1.88. The number of aliphatic hydroxyl groups excluding tert-OH is 1. The lowest BCUT2D eigenvalue weighted by molar-refractivity contribution is 0.0697. The van der Waals surface area contributed by atoms with Gasteiger partial charge < -0.3 is 10.2 Å². The fraction of sp³-hybridized carbons (Fsp3) is 0.250. The number of aromatic carboxylic acids is 1. The number of benzene rings is 1. The Hall–Kier alpha value is -1.79. The predicted octanol–water partition coefficient (Wildman–Crippen LogP) is 1.78. The van der Waals surface area contributed by atoms with Crippen LogP contribution in [0.1, 0.15) is 23.2 Å². The largest absolute Gasteiger partial charge is 0.478 e. The molecule has 0 spiro atoms. The van der Waals surface area contributed by atoms with Gasteiger partial charge in [0.15, 0.2) is 0 Å². The average Bonchev–Trinajstić information content (AvgIpc) is 2.28. The third-order valence-electron chi connectivity index (χ3n) is 1.50. The third-order valence-corrected chi connectivity index (χ3v) is 1.50. The van der Waals surface area contributed by atoms with Gasteiger partial charge in [0.25, 0.3) is 0 Å². The molecule has 0 aliphatic heterocycles. The molecule has 1 rings (SSSR count). The Morgan fingerprint density at radius 1 is 1.33 bits per heavy atom. The first kappa shape index (κ1) is 13.2. The van der Waals surface area contributed by atoms with Crippen LogP contribution in [0.2, 0.25) is 0 Å². The van der Waals surface area contributed by atoms with Crippen molar-refractivity contribution in [1.29, 1.82) is 0 Å². The molecular weight excluding hydrogens is 192 g/mol. The van der Waals surface area contributed by atoms with Gasteiger partial charge in [0.05, 0.1) is 5.56 Å². The van der Waals surface area contributed by atoms with E-state index in [2.05, 4.69) is 5.92 Å². The van der Waals surface area contributed by atoms with E-state index in [0.29, 0.717) is 12.0 Å². The number of carboxylic acid groups (broad SMARTS) is 1. The van der Waals surface area contributed by atoms with Gasteiger partial charge in [-0.05, 0) is 18.6 Å². The van der Waals surface area contributed by atoms with Gasteiger partial charge in [-0.15, -0.1) is 12.3 Å². The molecule has 0 bridgehead atoms. The molecule has 0 amide bonds. The van der Waals surface area contributed by atoms with Crippen LogP contribution in [0.3, 0.4) is 0 Å². The van der Waals surface area contributed by atoms with Gasteiger partial charge >= 0.3 is 5.97 Å². The van der Waals surface area contributed by atoms with Gasteiger partial charge in [0.2, 0.25) is 0 Å². The minimum atomic E-state index is -0.879. The topological polar surface area (TPSA) is 57.5 Å². The van der Waals surface area contributed by atoms with Crippen molar-refractivity contribution in [3.63, 3.8) is 0 Å². The van der Waals surface area contributed by atoms with Crippen molar-refractivity contribution in [2.45, 2.75) is 12.8 Å². The Morgan fingerprint density at radius 2 is 1.93 bits per heavy atom. The summed E-state index contributed by atoms with van der Waals surface area (Å²) >= 11 is 0. The molecule has 80 valence electrons. The Labute approximate surface area is 89.4 Å². The predicted molar refractivity (Wildman–Crippen MR) is 58.6 cm³/mol. The first-order chi connectivity index (χ1) is 7.22. The van der Waals surface area contributed by atoms with Crippen LogP contribution in [0.25, 0.3) is 0 Å². The highest BCUT2D eigenvalue weighted by Gasteiger charge is 1.96. The van der Waals surface area contributed by atoms with Crippen LogP contribution in [0, 0.1) is 12.3 Å². The van der Waals surface area contributed by atoms with E-state index in [1.54, 1.807) is 30.3 Å². The van der Waals surface area contributed by atoms with Crippen molar-refractivity contribution in [2.24, 2.45) is 0 Å². The van der Waals surface area contributed by atoms with Gasteiger partial charge in [-0.3, -0.25) is 0 Å². The van der Waals surface area contributed by atoms with E-state index < -0.39 is 5.97 Å². The Morgan fingerprint density at radius 3 is 2.20 bits per heavy atom. The molecule has 2 N–H and O–H groups in total. The highest BCUT2D eigenvalue weighted by Crippen LogP contribution is 1.96. The summed E-state index contributed by atoms with van der Waals surface area (Å²) in [6.45, 7) is 0.212. The fourth-order valence-electron chi connectivity index (χ4n) is 0.762. The Bertz CT molecular complexity index is 311. The first-order valence-electron chi connectivity index (χ1n) is 4.55. The van der Waals surface area contributed by atoms with Gasteiger partial charge in [-0.1, -0.05) is 18.2 Å². The molecule has 1 aromatic rings. The van der Waals surface area contributed by atoms with Gasteiger partial charge in [0.1, 0.15) is 0 Å². The number of hydrogen-bond donors (Lipinski definition) is 2. The van der Waals surface area contributed by atoms with Crippen LogP contribution in [0.4, 0.5) is 0 Å². The van der Waals surface area contributed by atoms with Crippen molar-refractivity contribution < 1.29 is 15.0 Å². The SMILES string of the molecule is C#CCCCO.O=C(O)c1ccccc1. The maximum absolute atomic E-state index is 10.2. The quantitative estimate of drug-likeness (QED) is 0.585. The zero-order chi connectivity index (χ0) is 11.5. The summed E-state index contributed by atoms with van der Waals surface area (Å²) in [5, 5.41) is 16.5. The first-order valence-corrected chi connectivity index (χ1v) is 4.55. The summed E-state index contributed by atoms with van der Waals surface area (Å²) in [5.41, 5.74) is 0.331. The number of rotatable bonds is 3. The van der Waals surface area contributed by atoms with Crippen molar-refractivity contribution in [3.8, 4) is 12.3 Å². The van der Waals surface area contributed by atoms with E-state index in [9.17, 15) is 4.79 Å². The summed E-state index contributed by atoms with van der Waals surface area (Å²) in [4.78, 5) is 10.2. The van der Waals surface area contributed by atoms with E-state index in [1.165, 1.54) is 0 Å². The number of hydrogen-bond acceptors (Lipinski definition) is 2. The van der Waals surface area contributed by atoms with E-state index in [1.807, 2.05) is 0 Å². The Kier molecular flexibility index (Phi) is 7.74. The van der Waals surface area contributed by atoms with Crippen LogP contribution in [-0.2, 0) is 0 Å². The second kappa shape index (κ2) is 8.79. The van der Waals surface area contributed by atoms with Crippen LogP contribution >= 0.6 is 0 Å². The fourth-order valence-corrected chi connectivity index (χ4v) is 0.762. The summed E-state index contributed by atoms with van der Waals surface area (Å²) < 4.78 is 0. The Balaban J connectivity index is 0.000000288. The van der Waals surface area contributed by atoms with Crippen molar-refractivity contribution in [3.05, 3.63) is 35.9 Å². The molecule has 0 saturated heterocycles. The van der Waals surface area contributed by atoms with Crippen LogP contribution in [0.15, 0.2) is 30.3 Å². The highest BCUT2D eigenvalue weighted by atomic mass is 16.4. The molecule has 0 heterocycles. The van der Waals surface area contributed by atoms with Crippen LogP contribution < -0.4 is 0 Å². The summed E-state index contributed by atoms with van der Waals surface area (Å²) in [6, 6.07) is 8.30. The molecule has 0 saturated carbocycles. The molecular formula is C12H14O3. The van der Waals surface area contributed by atoms with Crippen molar-refractivity contribution >= 4 is 5.97 Å². The molecule has 15 heavy (non-hydrogen) atoms. The number of unbranched alkanes of at least 4 members (excludes halogenated alkanes) is 1. The molecule has 0 aromatic heterocycles. The van der Waals surface area contributed by atoms with Crippen LogP contribution in [0.5, 0.6) is 0 Å². The zero-order valence-corrected chi connectivity index (χ0v) is 8.39. The molecule has 0 radical (unpaired) electrons. The standard InChI is InChI=1S/C7H6O2.C5H8O/c8-7(9)6-4-2-1-3-5-6;1-2-3-4-5-6/h1-5H,(H,8,9);1,6H,3-5H2. The smallest absolute Gasteiger partial charge is 0.335 e. The zero-order valence-electron chi connectivity index (χ0n) is 8.39. The van der Waals surface area contributed by atoms with Gasteiger partial charge in [-0.2, -0.15) is 0 Å². The number of carbonyl (C=O) groups is 1. The third kappa shape index (κ3) is 7.29. The minimum Gasteiger partial charge on any atom is -0.478 e. The minimum absolute atomic E-state index is 0.212. The second-order valence-electron chi connectivity index (χ2n) is 2.70. The maximum atomic E-state index is 10.2. The number of terminal acetylenes is 1. The van der Waals surface area contributed by atoms with E-state index >= 15 is 0 Å². The van der Waals surface area contributed by atoms with E-state index in [4.69, 9.17) is 16.6 Å². The number of aliphatic hydroxyl groups is 1. The van der Waals surface area contributed by atoms with Crippen LogP contribution in [-0.4, -0.2) is 22.8 Å². The molecule has 1 aromatic carbocycles. The van der Waals surface area contributed by atoms with E-state index in [0.717, 1.165) is 6.42 Å². The monoisotopic (exact) mass is 206 g/mol. The summed E-state index contributed by atoms with van der Waals surface area (Å²) in [7, 11) is 0. The molecule has 0 aliphatic carbocycles. The molecule has 0 fully saturated rings.